The third-order valence-electron chi connectivity index (χ3n) is 6.23. The number of nitrogens with one attached hydrogen (secondary N) is 1. The van der Waals surface area contributed by atoms with E-state index in [1.165, 1.54) is 6.07 Å². The van der Waals surface area contributed by atoms with Crippen LogP contribution in [0.4, 0.5) is 10.2 Å². The first-order valence-electron chi connectivity index (χ1n) is 11.9. The van der Waals surface area contributed by atoms with Gasteiger partial charge in [0, 0.05) is 49.3 Å². The summed E-state index contributed by atoms with van der Waals surface area (Å²) in [5, 5.41) is 14.8. The normalized spacial score (nSPS) is 15.0. The van der Waals surface area contributed by atoms with Crippen LogP contribution in [-0.4, -0.2) is 68.8 Å². The molecule has 0 spiro atoms. The van der Waals surface area contributed by atoms with Crippen LogP contribution in [0.5, 0.6) is 0 Å². The second-order valence-corrected chi connectivity index (χ2v) is 10.1. The lowest BCUT2D eigenvalue weighted by molar-refractivity contribution is 0.0912. The predicted octanol–water partition coefficient (Wildman–Crippen LogP) is 2.90. The Morgan fingerprint density at radius 3 is 2.61 bits per heavy atom. The van der Waals surface area contributed by atoms with Gasteiger partial charge >= 0.3 is 11.8 Å². The highest BCUT2D eigenvalue weighted by atomic mass is 19.1. The molecule has 1 aromatic carbocycles. The number of halogens is 1. The molecule has 10 nitrogen and oxygen atoms in total. The molecule has 1 N–H and O–H groups in total. The smallest absolute Gasteiger partial charge is 0.309 e. The van der Waals surface area contributed by atoms with E-state index in [1.54, 1.807) is 22.8 Å². The molecule has 4 aromatic rings. The summed E-state index contributed by atoms with van der Waals surface area (Å²) in [5.74, 6) is 0.0214. The van der Waals surface area contributed by atoms with Crippen LogP contribution in [0.15, 0.2) is 41.1 Å². The highest BCUT2D eigenvalue weighted by molar-refractivity contribution is 5.89. The van der Waals surface area contributed by atoms with Gasteiger partial charge < -0.3 is 19.5 Å². The Hall–Kier alpha value is -3.86. The van der Waals surface area contributed by atoms with Gasteiger partial charge in [-0.05, 0) is 19.2 Å². The summed E-state index contributed by atoms with van der Waals surface area (Å²) in [6.07, 6.45) is 3.62. The third kappa shape index (κ3) is 4.78. The minimum atomic E-state index is -0.552. The quantitative estimate of drug-likeness (QED) is 0.454. The zero-order valence-electron chi connectivity index (χ0n) is 20.8. The molecule has 11 heteroatoms. The van der Waals surface area contributed by atoms with Crippen molar-refractivity contribution in [3.8, 4) is 11.3 Å². The van der Waals surface area contributed by atoms with E-state index in [9.17, 15) is 4.79 Å². The molecule has 1 amide bonds. The summed E-state index contributed by atoms with van der Waals surface area (Å²) in [7, 11) is 2.10. The third-order valence-corrected chi connectivity index (χ3v) is 6.23. The molecule has 0 radical (unpaired) electrons. The van der Waals surface area contributed by atoms with Crippen molar-refractivity contribution in [2.45, 2.75) is 32.7 Å². The summed E-state index contributed by atoms with van der Waals surface area (Å²) in [4.78, 5) is 21.8. The Morgan fingerprint density at radius 2 is 1.92 bits per heavy atom. The van der Waals surface area contributed by atoms with Gasteiger partial charge in [0.1, 0.15) is 11.6 Å². The second-order valence-electron chi connectivity index (χ2n) is 10.1. The number of carbonyl (C=O) groups excluding carboxylic acids is 1. The van der Waals surface area contributed by atoms with Gasteiger partial charge in [0.05, 0.1) is 23.6 Å². The summed E-state index contributed by atoms with van der Waals surface area (Å²) in [6.45, 7) is 9.33. The van der Waals surface area contributed by atoms with Crippen LogP contribution in [0.25, 0.3) is 16.8 Å². The molecule has 1 aliphatic rings. The fraction of sp³-hybridized carbons (Fsp3) is 0.400. The Bertz CT molecular complexity index is 1400. The molecule has 36 heavy (non-hydrogen) atoms. The number of likely N-dealkylation sites (N-methyl/N-ethyl adjacent to an activating group) is 1. The SMILES string of the molecule is CN1CCN(c2cn3nccc3c(-c3ccc(CNC(=O)c4nnc(C(C)(C)C)o4)c(F)c3)n2)CC1. The number of rotatable bonds is 5. The number of nitrogens with zero attached hydrogens (tertiary/aromatic N) is 7. The highest BCUT2D eigenvalue weighted by Crippen LogP contribution is 2.28. The van der Waals surface area contributed by atoms with Crippen molar-refractivity contribution in [3.05, 3.63) is 59.8 Å². The Labute approximate surface area is 208 Å². The lowest BCUT2D eigenvalue weighted by Gasteiger charge is -2.33. The van der Waals surface area contributed by atoms with E-state index in [4.69, 9.17) is 9.40 Å². The topological polar surface area (TPSA) is 105 Å². The highest BCUT2D eigenvalue weighted by Gasteiger charge is 2.24. The first-order valence-corrected chi connectivity index (χ1v) is 11.9. The molecule has 0 unspecified atom stereocenters. The van der Waals surface area contributed by atoms with E-state index in [2.05, 4.69) is 37.5 Å². The largest absolute Gasteiger partial charge is 0.416 e. The van der Waals surface area contributed by atoms with Crippen molar-refractivity contribution < 1.29 is 13.6 Å². The number of fused-ring (bicyclic) bond motifs is 1. The number of hydrogen-bond donors (Lipinski definition) is 1. The molecular weight excluding hydrogens is 463 g/mol. The van der Waals surface area contributed by atoms with Gasteiger partial charge in [-0.2, -0.15) is 5.10 Å². The maximum atomic E-state index is 15.1. The first kappa shape index (κ1) is 23.9. The van der Waals surface area contributed by atoms with Gasteiger partial charge in [-0.15, -0.1) is 10.2 Å². The number of aromatic nitrogens is 5. The molecule has 5 rings (SSSR count). The van der Waals surface area contributed by atoms with E-state index in [0.29, 0.717) is 22.7 Å². The van der Waals surface area contributed by atoms with E-state index >= 15 is 4.39 Å². The monoisotopic (exact) mass is 492 g/mol. The number of benzene rings is 1. The van der Waals surface area contributed by atoms with Crippen molar-refractivity contribution in [3.63, 3.8) is 0 Å². The maximum absolute atomic E-state index is 15.1. The van der Waals surface area contributed by atoms with Crippen molar-refractivity contribution in [2.75, 3.05) is 38.1 Å². The number of piperazine rings is 1. The average Bonchev–Trinajstić information content (AvgIpc) is 3.53. The van der Waals surface area contributed by atoms with Gasteiger partial charge in [-0.25, -0.2) is 13.9 Å². The Morgan fingerprint density at radius 1 is 1.14 bits per heavy atom. The summed E-state index contributed by atoms with van der Waals surface area (Å²) in [5.41, 5.74) is 2.04. The number of anilines is 1. The maximum Gasteiger partial charge on any atom is 0.309 e. The molecule has 4 heterocycles. The van der Waals surface area contributed by atoms with Crippen LogP contribution in [0.2, 0.25) is 0 Å². The van der Waals surface area contributed by atoms with Gasteiger partial charge in [0.2, 0.25) is 5.89 Å². The van der Waals surface area contributed by atoms with Gasteiger partial charge in [-0.1, -0.05) is 32.9 Å². The Kier molecular flexibility index (Phi) is 6.17. The molecular formula is C25H29FN8O2. The fourth-order valence-electron chi connectivity index (χ4n) is 4.02. The minimum absolute atomic E-state index is 0.0188. The number of hydrogen-bond acceptors (Lipinski definition) is 8. The molecule has 1 aliphatic heterocycles. The van der Waals surface area contributed by atoms with Crippen molar-refractivity contribution in [2.24, 2.45) is 0 Å². The zero-order valence-corrected chi connectivity index (χ0v) is 20.8. The summed E-state index contributed by atoms with van der Waals surface area (Å²) >= 11 is 0. The van der Waals surface area contributed by atoms with Crippen LogP contribution in [0.3, 0.4) is 0 Å². The lowest BCUT2D eigenvalue weighted by atomic mass is 9.97. The van der Waals surface area contributed by atoms with Crippen LogP contribution < -0.4 is 10.2 Å². The number of amides is 1. The van der Waals surface area contributed by atoms with E-state index in [1.807, 2.05) is 33.0 Å². The number of carbonyl (C=O) groups is 1. The van der Waals surface area contributed by atoms with E-state index < -0.39 is 11.7 Å². The van der Waals surface area contributed by atoms with Gasteiger partial charge in [-0.3, -0.25) is 4.79 Å². The molecule has 3 aromatic heterocycles. The van der Waals surface area contributed by atoms with E-state index in [0.717, 1.165) is 37.5 Å². The van der Waals surface area contributed by atoms with Crippen LogP contribution in [0.1, 0.15) is 42.9 Å². The molecule has 0 saturated carbocycles. The van der Waals surface area contributed by atoms with Gasteiger partial charge in [0.25, 0.3) is 0 Å². The van der Waals surface area contributed by atoms with Crippen LogP contribution in [0, 0.1) is 5.82 Å². The molecule has 0 aliphatic carbocycles. The van der Waals surface area contributed by atoms with Gasteiger partial charge in [0.15, 0.2) is 0 Å². The van der Waals surface area contributed by atoms with Crippen molar-refractivity contribution >= 4 is 17.2 Å². The molecule has 188 valence electrons. The fourth-order valence-corrected chi connectivity index (χ4v) is 4.02. The second kappa shape index (κ2) is 9.30. The van der Waals surface area contributed by atoms with E-state index in [-0.39, 0.29) is 17.9 Å². The molecule has 0 bridgehead atoms. The summed E-state index contributed by atoms with van der Waals surface area (Å²) in [6, 6.07) is 6.75. The van der Waals surface area contributed by atoms with Crippen molar-refractivity contribution in [1.82, 2.24) is 35.0 Å². The molecule has 0 atom stereocenters. The average molecular weight is 493 g/mol. The molecule has 1 fully saturated rings. The van der Waals surface area contributed by atoms with Crippen LogP contribution >= 0.6 is 0 Å². The molecule has 1 saturated heterocycles. The standard InChI is InChI=1S/C25H29FN8O2/c1-25(2,3)24-31-30-23(36-24)22(35)27-14-17-6-5-16(13-18(17)26)21-19-7-8-28-34(19)15-20(29-21)33-11-9-32(4)10-12-33/h5-8,13,15H,9-12,14H2,1-4H3,(H,27,35). The summed E-state index contributed by atoms with van der Waals surface area (Å²) < 4.78 is 22.3. The minimum Gasteiger partial charge on any atom is -0.416 e. The zero-order chi connectivity index (χ0) is 25.4. The van der Waals surface area contributed by atoms with Crippen LogP contribution in [-0.2, 0) is 12.0 Å². The van der Waals surface area contributed by atoms with Crippen molar-refractivity contribution in [1.29, 1.82) is 0 Å². The predicted molar refractivity (Wildman–Crippen MR) is 132 cm³/mol. The lowest BCUT2D eigenvalue weighted by Crippen LogP contribution is -2.44. The Balaban J connectivity index is 1.35. The first-order chi connectivity index (χ1) is 17.2.